The van der Waals surface area contributed by atoms with Crippen LogP contribution in [0.15, 0.2) is 12.5 Å². The highest BCUT2D eigenvalue weighted by Crippen LogP contribution is 2.32. The topological polar surface area (TPSA) is 66.5 Å². The molecular formula is C7H6F3N5S. The SMILES string of the molecule is FC(F)(F)c1nnc(NCc2cnc[nH]2)s1. The van der Waals surface area contributed by atoms with E-state index >= 15 is 0 Å². The maximum Gasteiger partial charge on any atom is 0.445 e. The first-order valence-electron chi connectivity index (χ1n) is 4.17. The van der Waals surface area contributed by atoms with Crippen molar-refractivity contribution in [3.63, 3.8) is 0 Å². The normalized spacial score (nSPS) is 11.7. The van der Waals surface area contributed by atoms with Gasteiger partial charge in [-0.1, -0.05) is 11.3 Å². The van der Waals surface area contributed by atoms with Gasteiger partial charge in [0.25, 0.3) is 0 Å². The second-order valence-electron chi connectivity index (χ2n) is 2.84. The second-order valence-corrected chi connectivity index (χ2v) is 3.82. The molecule has 0 aliphatic heterocycles. The largest absolute Gasteiger partial charge is 0.445 e. The molecule has 2 heterocycles. The number of nitrogens with one attached hydrogen (secondary N) is 2. The van der Waals surface area contributed by atoms with Crippen molar-refractivity contribution < 1.29 is 13.2 Å². The number of anilines is 1. The molecule has 0 spiro atoms. The van der Waals surface area contributed by atoms with Crippen LogP contribution in [-0.4, -0.2) is 20.2 Å². The number of rotatable bonds is 3. The molecular weight excluding hydrogens is 243 g/mol. The summed E-state index contributed by atoms with van der Waals surface area (Å²) in [4.78, 5) is 6.58. The van der Waals surface area contributed by atoms with Gasteiger partial charge in [-0.3, -0.25) is 0 Å². The van der Waals surface area contributed by atoms with Gasteiger partial charge in [0.05, 0.1) is 18.6 Å². The number of nitrogens with zero attached hydrogens (tertiary/aromatic N) is 3. The van der Waals surface area contributed by atoms with Gasteiger partial charge in [-0.25, -0.2) is 4.98 Å². The van der Waals surface area contributed by atoms with Gasteiger partial charge in [0.1, 0.15) is 0 Å². The lowest BCUT2D eigenvalue weighted by Gasteiger charge is -1.99. The smallest absolute Gasteiger partial charge is 0.354 e. The van der Waals surface area contributed by atoms with E-state index in [9.17, 15) is 13.2 Å². The number of hydrogen-bond acceptors (Lipinski definition) is 5. The summed E-state index contributed by atoms with van der Waals surface area (Å²) in [6.45, 7) is 0.326. The van der Waals surface area contributed by atoms with Gasteiger partial charge in [0, 0.05) is 6.20 Å². The molecule has 16 heavy (non-hydrogen) atoms. The molecule has 0 fully saturated rings. The number of hydrogen-bond donors (Lipinski definition) is 2. The Labute approximate surface area is 91.7 Å². The van der Waals surface area contributed by atoms with Crippen molar-refractivity contribution in [3.05, 3.63) is 23.2 Å². The highest BCUT2D eigenvalue weighted by atomic mass is 32.1. The Kier molecular flexibility index (Phi) is 2.77. The number of H-pyrrole nitrogens is 1. The zero-order chi connectivity index (χ0) is 11.6. The summed E-state index contributed by atoms with van der Waals surface area (Å²) in [5.41, 5.74) is 0.753. The van der Waals surface area contributed by atoms with Crippen molar-refractivity contribution in [2.75, 3.05) is 5.32 Å². The van der Waals surface area contributed by atoms with Crippen LogP contribution >= 0.6 is 11.3 Å². The van der Waals surface area contributed by atoms with E-state index in [0.717, 1.165) is 5.69 Å². The molecule has 0 unspecified atom stereocenters. The average Bonchev–Trinajstić information content (AvgIpc) is 2.85. The molecule has 5 nitrogen and oxygen atoms in total. The summed E-state index contributed by atoms with van der Waals surface area (Å²) >= 11 is 0.469. The van der Waals surface area contributed by atoms with Crippen molar-refractivity contribution in [2.24, 2.45) is 0 Å². The highest BCUT2D eigenvalue weighted by molar-refractivity contribution is 7.15. The maximum absolute atomic E-state index is 12.2. The first kappa shape index (κ1) is 10.9. The van der Waals surface area contributed by atoms with E-state index in [1.54, 1.807) is 6.20 Å². The van der Waals surface area contributed by atoms with Crippen molar-refractivity contribution >= 4 is 16.5 Å². The van der Waals surface area contributed by atoms with Gasteiger partial charge >= 0.3 is 6.18 Å². The molecule has 0 atom stereocenters. The minimum absolute atomic E-state index is 0.127. The fourth-order valence-electron chi connectivity index (χ4n) is 0.961. The number of aromatic amines is 1. The predicted molar refractivity (Wildman–Crippen MR) is 50.8 cm³/mol. The van der Waals surface area contributed by atoms with Crippen LogP contribution in [-0.2, 0) is 12.7 Å². The van der Waals surface area contributed by atoms with Crippen LogP contribution in [0, 0.1) is 0 Å². The van der Waals surface area contributed by atoms with E-state index in [1.165, 1.54) is 6.33 Å². The van der Waals surface area contributed by atoms with Crippen LogP contribution < -0.4 is 5.32 Å². The molecule has 0 aliphatic carbocycles. The molecule has 0 radical (unpaired) electrons. The van der Waals surface area contributed by atoms with Gasteiger partial charge in [-0.2, -0.15) is 13.2 Å². The second kappa shape index (κ2) is 4.08. The van der Waals surface area contributed by atoms with Gasteiger partial charge < -0.3 is 10.3 Å². The predicted octanol–water partition coefficient (Wildman–Crippen LogP) is 1.89. The Bertz CT molecular complexity index is 449. The molecule has 0 bridgehead atoms. The summed E-state index contributed by atoms with van der Waals surface area (Å²) in [6, 6.07) is 0. The average molecular weight is 249 g/mol. The van der Waals surface area contributed by atoms with Crippen LogP contribution in [0.25, 0.3) is 0 Å². The third-order valence-corrected chi connectivity index (χ3v) is 2.58. The third-order valence-electron chi connectivity index (χ3n) is 1.65. The summed E-state index contributed by atoms with van der Waals surface area (Å²) < 4.78 is 36.5. The van der Waals surface area contributed by atoms with Crippen LogP contribution in [0.2, 0.25) is 0 Å². The summed E-state index contributed by atoms with van der Waals surface area (Å²) in [5, 5.41) is 8.31. The van der Waals surface area contributed by atoms with Crippen LogP contribution in [0.4, 0.5) is 18.3 Å². The van der Waals surface area contributed by atoms with Crippen molar-refractivity contribution in [1.29, 1.82) is 0 Å². The number of halogens is 3. The van der Waals surface area contributed by atoms with Crippen LogP contribution in [0.1, 0.15) is 10.7 Å². The lowest BCUT2D eigenvalue weighted by molar-refractivity contribution is -0.138. The zero-order valence-electron chi connectivity index (χ0n) is 7.75. The number of alkyl halides is 3. The van der Waals surface area contributed by atoms with E-state index in [4.69, 9.17) is 0 Å². The number of aromatic nitrogens is 4. The minimum Gasteiger partial charge on any atom is -0.354 e. The zero-order valence-corrected chi connectivity index (χ0v) is 8.56. The lowest BCUT2D eigenvalue weighted by atomic mass is 10.5. The Morgan fingerprint density at radius 3 is 2.75 bits per heavy atom. The molecule has 2 rings (SSSR count). The van der Waals surface area contributed by atoms with E-state index in [-0.39, 0.29) is 5.13 Å². The van der Waals surface area contributed by atoms with Gasteiger partial charge in [-0.05, 0) is 0 Å². The molecule has 0 saturated heterocycles. The molecule has 2 N–H and O–H groups in total. The molecule has 0 aliphatic rings. The fourth-order valence-corrected chi connectivity index (χ4v) is 1.57. The molecule has 2 aromatic rings. The van der Waals surface area contributed by atoms with Crippen LogP contribution in [0.3, 0.4) is 0 Å². The maximum atomic E-state index is 12.2. The van der Waals surface area contributed by atoms with E-state index < -0.39 is 11.2 Å². The fraction of sp³-hybridized carbons (Fsp3) is 0.286. The molecule has 0 amide bonds. The Balaban J connectivity index is 1.98. The van der Waals surface area contributed by atoms with Gasteiger partial charge in [-0.15, -0.1) is 10.2 Å². The van der Waals surface area contributed by atoms with Crippen molar-refractivity contribution in [3.8, 4) is 0 Å². The first-order chi connectivity index (χ1) is 7.55. The molecule has 0 aromatic carbocycles. The number of imidazole rings is 1. The molecule has 0 saturated carbocycles. The summed E-state index contributed by atoms with van der Waals surface area (Å²) in [7, 11) is 0. The molecule has 9 heteroatoms. The minimum atomic E-state index is -4.44. The molecule has 2 aromatic heterocycles. The Morgan fingerprint density at radius 2 is 2.19 bits per heavy atom. The van der Waals surface area contributed by atoms with Crippen molar-refractivity contribution in [1.82, 2.24) is 20.2 Å². The van der Waals surface area contributed by atoms with E-state index in [1.807, 2.05) is 0 Å². The standard InChI is InChI=1S/C7H6F3N5S/c8-7(9,10)5-14-15-6(16-5)12-2-4-1-11-3-13-4/h1,3H,2H2,(H,11,13)(H,12,15). The Hall–Kier alpha value is -1.64. The Morgan fingerprint density at radius 1 is 1.38 bits per heavy atom. The summed E-state index contributed by atoms with van der Waals surface area (Å²) in [5.74, 6) is 0. The third kappa shape index (κ3) is 2.48. The van der Waals surface area contributed by atoms with E-state index in [2.05, 4.69) is 25.5 Å². The van der Waals surface area contributed by atoms with Gasteiger partial charge in [0.2, 0.25) is 10.1 Å². The monoisotopic (exact) mass is 249 g/mol. The quantitative estimate of drug-likeness (QED) is 0.871. The van der Waals surface area contributed by atoms with Crippen LogP contribution in [0.5, 0.6) is 0 Å². The first-order valence-corrected chi connectivity index (χ1v) is 4.99. The lowest BCUT2D eigenvalue weighted by Crippen LogP contribution is -2.03. The molecule has 86 valence electrons. The van der Waals surface area contributed by atoms with Gasteiger partial charge in [0.15, 0.2) is 0 Å². The summed E-state index contributed by atoms with van der Waals surface area (Å²) in [6.07, 6.45) is -1.39. The highest BCUT2D eigenvalue weighted by Gasteiger charge is 2.35. The van der Waals surface area contributed by atoms with E-state index in [0.29, 0.717) is 17.9 Å². The van der Waals surface area contributed by atoms with Crippen molar-refractivity contribution in [2.45, 2.75) is 12.7 Å².